The highest BCUT2D eigenvalue weighted by molar-refractivity contribution is 6.17. The fraction of sp³-hybridized carbons (Fsp3) is 1.00. The molecule has 0 heterocycles. The van der Waals surface area contributed by atoms with Gasteiger partial charge in [-0.2, -0.15) is 0 Å². The van der Waals surface area contributed by atoms with Gasteiger partial charge in [-0.05, 0) is 12.3 Å². The van der Waals surface area contributed by atoms with Crippen LogP contribution < -0.4 is 0 Å². The van der Waals surface area contributed by atoms with Gasteiger partial charge in [0.25, 0.3) is 0 Å². The van der Waals surface area contributed by atoms with E-state index in [2.05, 4.69) is 13.8 Å². The molecule has 0 amide bonds. The molecule has 0 bridgehead atoms. The number of hydrogen-bond donors (Lipinski definition) is 0. The smallest absolute Gasteiger partial charge is 0.0223 e. The van der Waals surface area contributed by atoms with E-state index in [1.807, 2.05) is 0 Å². The Morgan fingerprint density at radius 2 is 1.75 bits per heavy atom. The summed E-state index contributed by atoms with van der Waals surface area (Å²) in [4.78, 5) is 0. The first-order valence-corrected chi connectivity index (χ1v) is 5.90. The molecule has 0 N–H and O–H groups in total. The van der Waals surface area contributed by atoms with Gasteiger partial charge < -0.3 is 0 Å². The first-order chi connectivity index (χ1) is 5.81. The molecule has 0 atom stereocenters. The van der Waals surface area contributed by atoms with Crippen LogP contribution in [-0.2, 0) is 0 Å². The van der Waals surface area contributed by atoms with Crippen LogP contribution in [0.1, 0.15) is 58.8 Å². The maximum absolute atomic E-state index is 5.30. The van der Waals surface area contributed by atoms with Crippen molar-refractivity contribution in [1.82, 2.24) is 0 Å². The second-order valence-corrected chi connectivity index (χ2v) is 4.16. The molecule has 0 radical (unpaired) electrons. The van der Waals surface area contributed by atoms with Crippen molar-refractivity contribution in [2.75, 3.05) is 5.88 Å². The Hall–Kier alpha value is 0.290. The Bertz CT molecular complexity index is 73.1. The summed E-state index contributed by atoms with van der Waals surface area (Å²) in [5.41, 5.74) is 0. The predicted octanol–water partition coefficient (Wildman–Crippen LogP) is 4.61. The van der Waals surface area contributed by atoms with E-state index < -0.39 is 0 Å². The fourth-order valence-corrected chi connectivity index (χ4v) is 1.71. The quantitative estimate of drug-likeness (QED) is 0.558. The maximum atomic E-state index is 5.30. The monoisotopic (exact) mass is 190 g/mol. The molecule has 1 saturated carbocycles. The largest absolute Gasteiger partial charge is 0.127 e. The molecule has 1 aliphatic rings. The first-order valence-electron chi connectivity index (χ1n) is 5.37. The summed E-state index contributed by atoms with van der Waals surface area (Å²) in [5.74, 6) is 1.85. The van der Waals surface area contributed by atoms with Crippen LogP contribution in [0.5, 0.6) is 0 Å². The van der Waals surface area contributed by atoms with E-state index in [4.69, 9.17) is 11.6 Å². The molecule has 0 saturated heterocycles. The van der Waals surface area contributed by atoms with Gasteiger partial charge in [-0.1, -0.05) is 52.4 Å². The Morgan fingerprint density at radius 1 is 1.17 bits per heavy atom. The lowest BCUT2D eigenvalue weighted by Gasteiger charge is -2.15. The molecule has 0 aromatic carbocycles. The van der Waals surface area contributed by atoms with Crippen LogP contribution in [0.25, 0.3) is 0 Å². The first kappa shape index (κ1) is 12.3. The number of hydrogen-bond acceptors (Lipinski definition) is 0. The summed E-state index contributed by atoms with van der Waals surface area (Å²) < 4.78 is 0. The summed E-state index contributed by atoms with van der Waals surface area (Å²) in [6, 6.07) is 0. The summed E-state index contributed by atoms with van der Waals surface area (Å²) in [7, 11) is 0. The summed E-state index contributed by atoms with van der Waals surface area (Å²) >= 11 is 5.30. The van der Waals surface area contributed by atoms with E-state index in [0.29, 0.717) is 0 Å². The fourth-order valence-electron chi connectivity index (χ4n) is 1.44. The molecule has 74 valence electrons. The third-order valence-electron chi connectivity index (χ3n) is 2.38. The van der Waals surface area contributed by atoms with Crippen molar-refractivity contribution >= 4 is 11.6 Å². The molecule has 0 aromatic rings. The minimum Gasteiger partial charge on any atom is -0.127 e. The number of rotatable bonds is 2. The van der Waals surface area contributed by atoms with E-state index >= 15 is 0 Å². The highest BCUT2D eigenvalue weighted by atomic mass is 35.5. The lowest BCUT2D eigenvalue weighted by molar-refractivity contribution is 0.385. The molecule has 1 fully saturated rings. The molecule has 0 spiro atoms. The summed E-state index contributed by atoms with van der Waals surface area (Å²) in [6.45, 7) is 4.49. The van der Waals surface area contributed by atoms with Crippen molar-refractivity contribution < 1.29 is 0 Å². The molecule has 12 heavy (non-hydrogen) atoms. The van der Waals surface area contributed by atoms with Crippen molar-refractivity contribution in [2.24, 2.45) is 5.92 Å². The van der Waals surface area contributed by atoms with Crippen LogP contribution >= 0.6 is 11.6 Å². The maximum Gasteiger partial charge on any atom is 0.0223 e. The molecule has 1 aliphatic carbocycles. The molecule has 0 aliphatic heterocycles. The Morgan fingerprint density at radius 3 is 1.92 bits per heavy atom. The molecule has 0 nitrogen and oxygen atoms in total. The third kappa shape index (κ3) is 8.39. The van der Waals surface area contributed by atoms with Crippen LogP contribution in [0, 0.1) is 5.92 Å². The van der Waals surface area contributed by atoms with Crippen LogP contribution in [0.2, 0.25) is 0 Å². The molecule has 0 aromatic heterocycles. The van der Waals surface area contributed by atoms with Crippen molar-refractivity contribution in [3.05, 3.63) is 0 Å². The second-order valence-electron chi connectivity index (χ2n) is 3.79. The standard InChI is InChI=1S/C7H14.C4H9Cl/c1-7-5-3-2-4-6-7;1-2-3-4-5/h7H,2-6H2,1H3;2-4H2,1H3. The van der Waals surface area contributed by atoms with E-state index in [9.17, 15) is 0 Å². The zero-order valence-corrected chi connectivity index (χ0v) is 9.37. The topological polar surface area (TPSA) is 0 Å². The zero-order chi connectivity index (χ0) is 9.23. The molecular formula is C11H23Cl. The summed E-state index contributed by atoms with van der Waals surface area (Å²) in [6.07, 6.45) is 9.80. The van der Waals surface area contributed by atoms with E-state index in [0.717, 1.165) is 18.2 Å². The minimum atomic E-state index is 0.816. The van der Waals surface area contributed by atoms with Gasteiger partial charge in [0.15, 0.2) is 0 Å². The van der Waals surface area contributed by atoms with Gasteiger partial charge in [0.2, 0.25) is 0 Å². The van der Waals surface area contributed by atoms with Crippen molar-refractivity contribution in [1.29, 1.82) is 0 Å². The second kappa shape index (κ2) is 9.38. The third-order valence-corrected chi connectivity index (χ3v) is 2.65. The van der Waals surface area contributed by atoms with E-state index in [1.54, 1.807) is 0 Å². The van der Waals surface area contributed by atoms with Gasteiger partial charge in [0.05, 0.1) is 0 Å². The number of alkyl halides is 1. The Labute approximate surface area is 82.7 Å². The van der Waals surface area contributed by atoms with Crippen molar-refractivity contribution in [2.45, 2.75) is 58.8 Å². The lowest BCUT2D eigenvalue weighted by atomic mass is 9.91. The van der Waals surface area contributed by atoms with Crippen LogP contribution in [-0.4, -0.2) is 5.88 Å². The van der Waals surface area contributed by atoms with Gasteiger partial charge in [0, 0.05) is 5.88 Å². The van der Waals surface area contributed by atoms with Crippen LogP contribution in [0.4, 0.5) is 0 Å². The van der Waals surface area contributed by atoms with Gasteiger partial charge in [-0.3, -0.25) is 0 Å². The van der Waals surface area contributed by atoms with Crippen LogP contribution in [0.15, 0.2) is 0 Å². The lowest BCUT2D eigenvalue weighted by Crippen LogP contribution is -1.99. The average Bonchev–Trinajstić information content (AvgIpc) is 2.08. The van der Waals surface area contributed by atoms with Gasteiger partial charge >= 0.3 is 0 Å². The summed E-state index contributed by atoms with van der Waals surface area (Å²) in [5, 5.41) is 0. The van der Waals surface area contributed by atoms with Crippen molar-refractivity contribution in [3.63, 3.8) is 0 Å². The molecular weight excluding hydrogens is 168 g/mol. The Kier molecular flexibility index (Phi) is 9.61. The molecule has 1 heteroatoms. The normalized spacial score (nSPS) is 18.2. The van der Waals surface area contributed by atoms with Crippen molar-refractivity contribution in [3.8, 4) is 0 Å². The van der Waals surface area contributed by atoms with Gasteiger partial charge in [0.1, 0.15) is 0 Å². The predicted molar refractivity (Wildman–Crippen MR) is 57.9 cm³/mol. The zero-order valence-electron chi connectivity index (χ0n) is 8.61. The van der Waals surface area contributed by atoms with E-state index in [-0.39, 0.29) is 0 Å². The number of halogens is 1. The minimum absolute atomic E-state index is 0.816. The van der Waals surface area contributed by atoms with Gasteiger partial charge in [-0.15, -0.1) is 11.6 Å². The number of unbranched alkanes of at least 4 members (excludes halogenated alkanes) is 1. The SMILES string of the molecule is CC1CCCCC1.CCCCCl. The van der Waals surface area contributed by atoms with E-state index in [1.165, 1.54) is 38.5 Å². The molecule has 0 unspecified atom stereocenters. The highest BCUT2D eigenvalue weighted by Crippen LogP contribution is 2.22. The highest BCUT2D eigenvalue weighted by Gasteiger charge is 2.05. The van der Waals surface area contributed by atoms with Gasteiger partial charge in [-0.25, -0.2) is 0 Å². The molecule has 1 rings (SSSR count). The average molecular weight is 191 g/mol. The Balaban J connectivity index is 0.000000217. The van der Waals surface area contributed by atoms with Crippen LogP contribution in [0.3, 0.4) is 0 Å².